The fourth-order valence-corrected chi connectivity index (χ4v) is 4.20. The Kier molecular flexibility index (Phi) is 10.4. The van der Waals surface area contributed by atoms with E-state index in [0.29, 0.717) is 41.4 Å². The number of halogens is 1. The first-order valence-corrected chi connectivity index (χ1v) is 13.3. The van der Waals surface area contributed by atoms with Crippen LogP contribution in [0.25, 0.3) is 11.3 Å². The molecule has 2 aromatic heterocycles. The number of morpholine rings is 1. The van der Waals surface area contributed by atoms with Gasteiger partial charge in [0.25, 0.3) is 5.91 Å². The number of carbonyl (C=O) groups excluding carboxylic acids is 1. The van der Waals surface area contributed by atoms with Crippen LogP contribution in [0.3, 0.4) is 0 Å². The molecule has 3 heterocycles. The number of rotatable bonds is 13. The zero-order chi connectivity index (χ0) is 27.5. The summed E-state index contributed by atoms with van der Waals surface area (Å²) >= 11 is 0. The van der Waals surface area contributed by atoms with E-state index >= 15 is 0 Å². The van der Waals surface area contributed by atoms with Crippen LogP contribution in [0.15, 0.2) is 42.9 Å². The first-order valence-electron chi connectivity index (χ1n) is 13.3. The van der Waals surface area contributed by atoms with Crippen LogP contribution in [0.5, 0.6) is 5.75 Å². The number of nitrogens with zero attached hydrogens (tertiary/aromatic N) is 4. The summed E-state index contributed by atoms with van der Waals surface area (Å²) in [7, 11) is 1.75. The summed E-state index contributed by atoms with van der Waals surface area (Å²) < 4.78 is 25.8. The van der Waals surface area contributed by atoms with E-state index < -0.39 is 5.82 Å². The first kappa shape index (κ1) is 28.2. The van der Waals surface area contributed by atoms with Gasteiger partial charge in [-0.3, -0.25) is 14.7 Å². The third-order valence-corrected chi connectivity index (χ3v) is 6.35. The lowest BCUT2D eigenvalue weighted by atomic mass is 10.1. The van der Waals surface area contributed by atoms with Crippen molar-refractivity contribution >= 4 is 23.2 Å². The second-order valence-electron chi connectivity index (χ2n) is 9.20. The minimum Gasteiger partial charge on any atom is -0.492 e. The molecule has 11 heteroatoms. The fourth-order valence-electron chi connectivity index (χ4n) is 4.20. The van der Waals surface area contributed by atoms with E-state index in [-0.39, 0.29) is 17.5 Å². The number of amides is 1. The molecule has 0 bridgehead atoms. The molecule has 10 nitrogen and oxygen atoms in total. The molecule has 4 rings (SSSR count). The highest BCUT2D eigenvalue weighted by Crippen LogP contribution is 2.27. The van der Waals surface area contributed by atoms with Crippen LogP contribution in [0.4, 0.5) is 21.7 Å². The lowest BCUT2D eigenvalue weighted by Crippen LogP contribution is -2.41. The van der Waals surface area contributed by atoms with Crippen molar-refractivity contribution < 1.29 is 18.7 Å². The lowest BCUT2D eigenvalue weighted by Gasteiger charge is -2.26. The summed E-state index contributed by atoms with van der Waals surface area (Å²) in [4.78, 5) is 27.7. The SMILES string of the molecule is CCCCCOc1cncc(-c2nc(Nc3ccc(C(=O)NCCN4CCOCC4)c(NC)c3)ncc2F)c1. The molecule has 0 radical (unpaired) electrons. The monoisotopic (exact) mass is 537 g/mol. The molecule has 3 N–H and O–H groups in total. The van der Waals surface area contributed by atoms with E-state index in [4.69, 9.17) is 9.47 Å². The van der Waals surface area contributed by atoms with E-state index in [2.05, 4.69) is 42.7 Å². The fraction of sp³-hybridized carbons (Fsp3) is 0.429. The largest absolute Gasteiger partial charge is 0.492 e. The number of hydrogen-bond donors (Lipinski definition) is 3. The van der Waals surface area contributed by atoms with Crippen molar-refractivity contribution in [3.63, 3.8) is 0 Å². The molecule has 39 heavy (non-hydrogen) atoms. The third kappa shape index (κ3) is 8.08. The molecule has 3 aromatic rings. The minimum atomic E-state index is -0.564. The Labute approximate surface area is 228 Å². The first-order chi connectivity index (χ1) is 19.1. The zero-order valence-electron chi connectivity index (χ0n) is 22.5. The Hall–Kier alpha value is -3.83. The third-order valence-electron chi connectivity index (χ3n) is 6.35. The van der Waals surface area contributed by atoms with Crippen LogP contribution < -0.4 is 20.7 Å². The summed E-state index contributed by atoms with van der Waals surface area (Å²) in [6.45, 7) is 7.23. The summed E-state index contributed by atoms with van der Waals surface area (Å²) in [5.41, 5.74) is 2.42. The lowest BCUT2D eigenvalue weighted by molar-refractivity contribution is 0.0383. The van der Waals surface area contributed by atoms with Crippen molar-refractivity contribution in [2.24, 2.45) is 0 Å². The highest BCUT2D eigenvalue weighted by molar-refractivity contribution is 6.00. The van der Waals surface area contributed by atoms with E-state index in [1.54, 1.807) is 43.7 Å². The smallest absolute Gasteiger partial charge is 0.253 e. The Balaban J connectivity index is 1.41. The predicted molar refractivity (Wildman–Crippen MR) is 149 cm³/mol. The minimum absolute atomic E-state index is 0.115. The molecule has 1 fully saturated rings. The highest BCUT2D eigenvalue weighted by atomic mass is 19.1. The summed E-state index contributed by atoms with van der Waals surface area (Å²) in [5.74, 6) is 0.0493. The van der Waals surface area contributed by atoms with Crippen LogP contribution in [0.2, 0.25) is 0 Å². The molecule has 1 saturated heterocycles. The van der Waals surface area contributed by atoms with Gasteiger partial charge in [0, 0.05) is 56.4 Å². The van der Waals surface area contributed by atoms with Gasteiger partial charge in [0.1, 0.15) is 11.4 Å². The van der Waals surface area contributed by atoms with Crippen molar-refractivity contribution in [2.45, 2.75) is 26.2 Å². The maximum absolute atomic E-state index is 14.7. The maximum atomic E-state index is 14.7. The van der Waals surface area contributed by atoms with Crippen molar-refractivity contribution in [1.82, 2.24) is 25.2 Å². The molecule has 1 aromatic carbocycles. The van der Waals surface area contributed by atoms with Crippen molar-refractivity contribution in [2.75, 3.05) is 63.7 Å². The molecular formula is C28H36FN7O3. The van der Waals surface area contributed by atoms with Gasteiger partial charge in [0.2, 0.25) is 5.95 Å². The number of nitrogens with one attached hydrogen (secondary N) is 3. The van der Waals surface area contributed by atoms with E-state index in [0.717, 1.165) is 58.3 Å². The average Bonchev–Trinajstić information content (AvgIpc) is 2.97. The maximum Gasteiger partial charge on any atom is 0.253 e. The quantitative estimate of drug-likeness (QED) is 0.277. The van der Waals surface area contributed by atoms with Gasteiger partial charge in [-0.1, -0.05) is 19.8 Å². The molecule has 1 aliphatic rings. The number of unbranched alkanes of at least 4 members (excludes halogenated alkanes) is 2. The summed E-state index contributed by atoms with van der Waals surface area (Å²) in [6, 6.07) is 7.00. The molecule has 0 atom stereocenters. The number of aromatic nitrogens is 3. The van der Waals surface area contributed by atoms with Gasteiger partial charge < -0.3 is 25.4 Å². The Morgan fingerprint density at radius 3 is 2.79 bits per heavy atom. The highest BCUT2D eigenvalue weighted by Gasteiger charge is 2.15. The molecule has 0 unspecified atom stereocenters. The summed E-state index contributed by atoms with van der Waals surface area (Å²) in [6.07, 6.45) is 7.39. The number of ether oxygens (including phenoxy) is 2. The van der Waals surface area contributed by atoms with E-state index in [1.807, 2.05) is 0 Å². The van der Waals surface area contributed by atoms with Gasteiger partial charge in [-0.05, 0) is 30.7 Å². The molecule has 1 aliphatic heterocycles. The summed E-state index contributed by atoms with van der Waals surface area (Å²) in [5, 5.41) is 9.15. The van der Waals surface area contributed by atoms with Gasteiger partial charge >= 0.3 is 0 Å². The number of hydrogen-bond acceptors (Lipinski definition) is 9. The van der Waals surface area contributed by atoms with Gasteiger partial charge in [0.05, 0.1) is 37.8 Å². The van der Waals surface area contributed by atoms with Gasteiger partial charge in [-0.25, -0.2) is 14.4 Å². The standard InChI is InChI=1S/C28H36FN7O3/c1-3-4-5-12-39-22-15-20(17-31-18-22)26-24(29)19-33-28(35-26)34-21-6-7-23(25(16-21)30-2)27(37)32-8-9-36-10-13-38-14-11-36/h6-7,15-19,30H,3-5,8-14H2,1-2H3,(H,32,37)(H,33,34,35). The van der Waals surface area contributed by atoms with Crippen LogP contribution in [0, 0.1) is 5.82 Å². The Bertz CT molecular complexity index is 1240. The molecule has 0 aliphatic carbocycles. The van der Waals surface area contributed by atoms with Crippen LogP contribution in [-0.2, 0) is 4.74 Å². The number of benzene rings is 1. The van der Waals surface area contributed by atoms with Crippen molar-refractivity contribution in [3.8, 4) is 17.0 Å². The second kappa shape index (κ2) is 14.4. The van der Waals surface area contributed by atoms with Crippen LogP contribution in [-0.4, -0.2) is 78.8 Å². The Morgan fingerprint density at radius 1 is 1.15 bits per heavy atom. The van der Waals surface area contributed by atoms with Crippen LogP contribution in [0.1, 0.15) is 36.5 Å². The van der Waals surface area contributed by atoms with Gasteiger partial charge in [-0.2, -0.15) is 0 Å². The second-order valence-corrected chi connectivity index (χ2v) is 9.20. The van der Waals surface area contributed by atoms with Crippen LogP contribution >= 0.6 is 0 Å². The number of pyridine rings is 1. The molecule has 1 amide bonds. The van der Waals surface area contributed by atoms with E-state index in [9.17, 15) is 9.18 Å². The molecule has 208 valence electrons. The van der Waals surface area contributed by atoms with Gasteiger partial charge in [-0.15, -0.1) is 0 Å². The van der Waals surface area contributed by atoms with Crippen molar-refractivity contribution in [3.05, 3.63) is 54.2 Å². The van der Waals surface area contributed by atoms with Crippen molar-refractivity contribution in [1.29, 1.82) is 0 Å². The van der Waals surface area contributed by atoms with Gasteiger partial charge in [0.15, 0.2) is 5.82 Å². The zero-order valence-corrected chi connectivity index (χ0v) is 22.5. The molecule has 0 saturated carbocycles. The Morgan fingerprint density at radius 2 is 2.00 bits per heavy atom. The number of anilines is 3. The molecule has 0 spiro atoms. The number of carbonyl (C=O) groups is 1. The molecular weight excluding hydrogens is 501 g/mol. The average molecular weight is 538 g/mol. The van der Waals surface area contributed by atoms with E-state index in [1.165, 1.54) is 0 Å². The normalized spacial score (nSPS) is 13.6. The predicted octanol–water partition coefficient (Wildman–Crippen LogP) is 4.09. The topological polar surface area (TPSA) is 114 Å².